The van der Waals surface area contributed by atoms with Gasteiger partial charge in [-0.3, -0.25) is 5.10 Å². The molecule has 0 aliphatic heterocycles. The number of aromatic amines is 1. The van der Waals surface area contributed by atoms with Crippen molar-refractivity contribution in [3.63, 3.8) is 0 Å². The van der Waals surface area contributed by atoms with Gasteiger partial charge in [-0.2, -0.15) is 5.10 Å². The van der Waals surface area contributed by atoms with Gasteiger partial charge in [-0.15, -0.1) is 0 Å². The third kappa shape index (κ3) is 1.71. The normalized spacial score (nSPS) is 11.6. The molecule has 0 fully saturated rings. The van der Waals surface area contributed by atoms with Crippen LogP contribution in [0.3, 0.4) is 0 Å². The topological polar surface area (TPSA) is 54.7 Å². The number of hydrogen-bond donors (Lipinski definition) is 2. The zero-order valence-corrected chi connectivity index (χ0v) is 9.08. The van der Waals surface area contributed by atoms with E-state index in [0.29, 0.717) is 6.54 Å². The standard InChI is InChI=1S/C10H10BrN3/c11-7-3-4-8-9(2-1-5-12)13-14-10(8)6-7/h1-4,6H,5,12H2,(H,13,14). The van der Waals surface area contributed by atoms with Crippen molar-refractivity contribution in [2.75, 3.05) is 6.54 Å². The number of hydrogen-bond acceptors (Lipinski definition) is 2. The summed E-state index contributed by atoms with van der Waals surface area (Å²) in [5.41, 5.74) is 7.33. The van der Waals surface area contributed by atoms with E-state index in [1.807, 2.05) is 30.4 Å². The van der Waals surface area contributed by atoms with Gasteiger partial charge in [-0.25, -0.2) is 0 Å². The first-order valence-electron chi connectivity index (χ1n) is 4.31. The van der Waals surface area contributed by atoms with Gasteiger partial charge in [-0.1, -0.05) is 22.0 Å². The molecule has 14 heavy (non-hydrogen) atoms. The third-order valence-electron chi connectivity index (χ3n) is 1.97. The van der Waals surface area contributed by atoms with Crippen LogP contribution < -0.4 is 5.73 Å². The van der Waals surface area contributed by atoms with Gasteiger partial charge in [-0.05, 0) is 24.3 Å². The number of nitrogens with two attached hydrogens (primary N) is 1. The van der Waals surface area contributed by atoms with Crippen molar-refractivity contribution in [2.45, 2.75) is 0 Å². The van der Waals surface area contributed by atoms with Gasteiger partial charge in [0.25, 0.3) is 0 Å². The average Bonchev–Trinajstić information content (AvgIpc) is 2.57. The molecular formula is C10H10BrN3. The summed E-state index contributed by atoms with van der Waals surface area (Å²) >= 11 is 3.41. The minimum absolute atomic E-state index is 0.533. The predicted molar refractivity (Wildman–Crippen MR) is 61.9 cm³/mol. The summed E-state index contributed by atoms with van der Waals surface area (Å²) < 4.78 is 1.04. The quantitative estimate of drug-likeness (QED) is 0.861. The molecule has 0 saturated carbocycles. The third-order valence-corrected chi connectivity index (χ3v) is 2.46. The number of fused-ring (bicyclic) bond motifs is 1. The Kier molecular flexibility index (Phi) is 2.65. The zero-order valence-electron chi connectivity index (χ0n) is 7.50. The Bertz CT molecular complexity index is 473. The molecule has 3 N–H and O–H groups in total. The van der Waals surface area contributed by atoms with Crippen LogP contribution >= 0.6 is 15.9 Å². The van der Waals surface area contributed by atoms with Crippen LogP contribution in [0.15, 0.2) is 28.7 Å². The Morgan fingerprint density at radius 1 is 1.50 bits per heavy atom. The van der Waals surface area contributed by atoms with E-state index in [4.69, 9.17) is 5.73 Å². The largest absolute Gasteiger partial charge is 0.327 e. The van der Waals surface area contributed by atoms with E-state index in [2.05, 4.69) is 26.1 Å². The van der Waals surface area contributed by atoms with Gasteiger partial charge in [0.2, 0.25) is 0 Å². The fourth-order valence-corrected chi connectivity index (χ4v) is 1.68. The van der Waals surface area contributed by atoms with Crippen LogP contribution in [0.25, 0.3) is 17.0 Å². The summed E-state index contributed by atoms with van der Waals surface area (Å²) in [7, 11) is 0. The Balaban J connectivity index is 2.53. The molecule has 0 unspecified atom stereocenters. The van der Waals surface area contributed by atoms with Gasteiger partial charge in [0.1, 0.15) is 0 Å². The van der Waals surface area contributed by atoms with Gasteiger partial charge >= 0.3 is 0 Å². The molecule has 0 saturated heterocycles. The van der Waals surface area contributed by atoms with Gasteiger partial charge in [0.15, 0.2) is 0 Å². The van der Waals surface area contributed by atoms with Crippen molar-refractivity contribution in [3.05, 3.63) is 34.4 Å². The number of nitrogens with zero attached hydrogens (tertiary/aromatic N) is 1. The second kappa shape index (κ2) is 3.94. The van der Waals surface area contributed by atoms with Gasteiger partial charge in [0.05, 0.1) is 11.2 Å². The van der Waals surface area contributed by atoms with Gasteiger partial charge in [0, 0.05) is 16.4 Å². The van der Waals surface area contributed by atoms with Crippen LogP contribution in [-0.2, 0) is 0 Å². The van der Waals surface area contributed by atoms with Gasteiger partial charge < -0.3 is 5.73 Å². The van der Waals surface area contributed by atoms with Crippen molar-refractivity contribution in [1.82, 2.24) is 10.2 Å². The summed E-state index contributed by atoms with van der Waals surface area (Å²) in [4.78, 5) is 0. The first kappa shape index (κ1) is 9.43. The number of aromatic nitrogens is 2. The first-order chi connectivity index (χ1) is 6.81. The van der Waals surface area contributed by atoms with Crippen molar-refractivity contribution in [3.8, 4) is 0 Å². The molecule has 2 rings (SSSR count). The van der Waals surface area contributed by atoms with Crippen molar-refractivity contribution in [2.24, 2.45) is 5.73 Å². The van der Waals surface area contributed by atoms with E-state index in [1.54, 1.807) is 0 Å². The van der Waals surface area contributed by atoms with E-state index in [0.717, 1.165) is 21.1 Å². The molecule has 4 heteroatoms. The van der Waals surface area contributed by atoms with Crippen molar-refractivity contribution in [1.29, 1.82) is 0 Å². The molecule has 0 spiro atoms. The SMILES string of the molecule is NCC=Cc1n[nH]c2cc(Br)ccc12. The maximum Gasteiger partial charge on any atom is 0.0924 e. The second-order valence-electron chi connectivity index (χ2n) is 2.94. The highest BCUT2D eigenvalue weighted by Gasteiger charge is 2.01. The molecule has 1 aromatic carbocycles. The van der Waals surface area contributed by atoms with Crippen LogP contribution in [0.5, 0.6) is 0 Å². The molecule has 0 radical (unpaired) electrons. The molecule has 1 heterocycles. The summed E-state index contributed by atoms with van der Waals surface area (Å²) in [6.45, 7) is 0.533. The van der Waals surface area contributed by atoms with E-state index >= 15 is 0 Å². The highest BCUT2D eigenvalue weighted by Crippen LogP contribution is 2.21. The minimum Gasteiger partial charge on any atom is -0.327 e. The molecule has 0 aliphatic rings. The second-order valence-corrected chi connectivity index (χ2v) is 3.85. The molecule has 3 nitrogen and oxygen atoms in total. The number of benzene rings is 1. The molecule has 72 valence electrons. The van der Waals surface area contributed by atoms with Crippen LogP contribution in [0.1, 0.15) is 5.69 Å². The summed E-state index contributed by atoms with van der Waals surface area (Å²) in [5.74, 6) is 0. The predicted octanol–water partition coefficient (Wildman–Crippen LogP) is 2.30. The van der Waals surface area contributed by atoms with Crippen molar-refractivity contribution >= 4 is 32.9 Å². The Hall–Kier alpha value is -1.13. The number of halogens is 1. The highest BCUT2D eigenvalue weighted by molar-refractivity contribution is 9.10. The lowest BCUT2D eigenvalue weighted by Gasteiger charge is -1.90. The highest BCUT2D eigenvalue weighted by atomic mass is 79.9. The molecule has 1 aromatic heterocycles. The Morgan fingerprint density at radius 2 is 2.36 bits per heavy atom. The molecule has 2 aromatic rings. The number of nitrogens with one attached hydrogen (secondary N) is 1. The molecule has 0 amide bonds. The van der Waals surface area contributed by atoms with E-state index < -0.39 is 0 Å². The van der Waals surface area contributed by atoms with Crippen LogP contribution in [0.4, 0.5) is 0 Å². The number of rotatable bonds is 2. The fraction of sp³-hybridized carbons (Fsp3) is 0.100. The molecule has 0 bridgehead atoms. The van der Waals surface area contributed by atoms with E-state index in [1.165, 1.54) is 0 Å². The van der Waals surface area contributed by atoms with E-state index in [-0.39, 0.29) is 0 Å². The molecular weight excluding hydrogens is 242 g/mol. The van der Waals surface area contributed by atoms with Crippen LogP contribution in [-0.4, -0.2) is 16.7 Å². The Labute approximate surface area is 90.1 Å². The first-order valence-corrected chi connectivity index (χ1v) is 5.11. The lowest BCUT2D eigenvalue weighted by Crippen LogP contribution is -1.91. The molecule has 0 aliphatic carbocycles. The van der Waals surface area contributed by atoms with Crippen molar-refractivity contribution < 1.29 is 0 Å². The maximum atomic E-state index is 5.38. The lowest BCUT2D eigenvalue weighted by molar-refractivity contribution is 1.10. The maximum absolute atomic E-state index is 5.38. The van der Waals surface area contributed by atoms with Crippen LogP contribution in [0.2, 0.25) is 0 Å². The smallest absolute Gasteiger partial charge is 0.0924 e. The minimum atomic E-state index is 0.533. The summed E-state index contributed by atoms with van der Waals surface area (Å²) in [6, 6.07) is 6.03. The van der Waals surface area contributed by atoms with E-state index in [9.17, 15) is 0 Å². The lowest BCUT2D eigenvalue weighted by atomic mass is 10.2. The molecule has 0 atom stereocenters. The fourth-order valence-electron chi connectivity index (χ4n) is 1.32. The number of H-pyrrole nitrogens is 1. The Morgan fingerprint density at radius 3 is 3.14 bits per heavy atom. The summed E-state index contributed by atoms with van der Waals surface area (Å²) in [6.07, 6.45) is 3.81. The zero-order chi connectivity index (χ0) is 9.97. The monoisotopic (exact) mass is 251 g/mol. The summed E-state index contributed by atoms with van der Waals surface area (Å²) in [5, 5.41) is 8.26. The van der Waals surface area contributed by atoms with Crippen LogP contribution in [0, 0.1) is 0 Å². The average molecular weight is 252 g/mol.